The second-order valence-corrected chi connectivity index (χ2v) is 8.18. The van der Waals surface area contributed by atoms with Crippen LogP contribution in [0.4, 0.5) is 32.0 Å². The van der Waals surface area contributed by atoms with Crippen LogP contribution in [0, 0.1) is 0 Å². The molecule has 1 amide bonds. The predicted octanol–water partition coefficient (Wildman–Crippen LogP) is 5.80. The number of thioether (sulfide) groups is 1. The van der Waals surface area contributed by atoms with Gasteiger partial charge in [-0.15, -0.1) is 0 Å². The summed E-state index contributed by atoms with van der Waals surface area (Å²) >= 11 is -0.390. The Morgan fingerprint density at radius 2 is 1.65 bits per heavy atom. The number of hydrogen-bond donors (Lipinski definition) is 1. The average molecular weight is 460 g/mol. The van der Waals surface area contributed by atoms with Crippen molar-refractivity contribution in [2.24, 2.45) is 5.10 Å². The molecule has 0 fully saturated rings. The van der Waals surface area contributed by atoms with E-state index in [4.69, 9.17) is 0 Å². The monoisotopic (exact) mass is 460 g/mol. The van der Waals surface area contributed by atoms with Crippen LogP contribution in [0.15, 0.2) is 70.3 Å². The number of quaternary nitrogens is 1. The maximum Gasteiger partial charge on any atom is 0.446 e. The quantitative estimate of drug-likeness (QED) is 0.356. The number of carbonyl (C=O) groups excluding carboxylic acids is 1. The second kappa shape index (κ2) is 8.04. The molecule has 31 heavy (non-hydrogen) atoms. The molecule has 164 valence electrons. The molecule has 0 aromatic heterocycles. The first-order chi connectivity index (χ1) is 14.3. The fourth-order valence-corrected chi connectivity index (χ4v) is 3.56. The first kappa shape index (κ1) is 22.9. The lowest BCUT2D eigenvalue weighted by Crippen LogP contribution is -2.30. The molecule has 4 nitrogen and oxygen atoms in total. The highest BCUT2D eigenvalue weighted by Gasteiger charge is 2.48. The van der Waals surface area contributed by atoms with Crippen molar-refractivity contribution in [2.75, 3.05) is 19.4 Å². The van der Waals surface area contributed by atoms with Crippen molar-refractivity contribution in [3.05, 3.63) is 60.3 Å². The van der Waals surface area contributed by atoms with Gasteiger partial charge in [0.25, 0.3) is 5.91 Å². The third-order valence-electron chi connectivity index (χ3n) is 4.13. The lowest BCUT2D eigenvalue weighted by molar-refractivity contribution is -0.843. The van der Waals surface area contributed by atoms with Gasteiger partial charge in [-0.05, 0) is 29.5 Å². The maximum atomic E-state index is 13.4. The molecule has 0 atom stereocenters. The molecule has 1 aliphatic heterocycles. The molecule has 2 aromatic rings. The Labute approximate surface area is 177 Å². The van der Waals surface area contributed by atoms with E-state index in [0.717, 1.165) is 12.3 Å². The van der Waals surface area contributed by atoms with Gasteiger partial charge >= 0.3 is 11.7 Å². The lowest BCUT2D eigenvalue weighted by Gasteiger charge is -2.15. The second-order valence-electron chi connectivity index (χ2n) is 7.04. The summed E-state index contributed by atoms with van der Waals surface area (Å²) in [6, 6.07) is 12.1. The van der Waals surface area contributed by atoms with Crippen molar-refractivity contribution in [1.82, 2.24) is 0 Å². The molecular weight excluding hydrogens is 444 g/mol. The van der Waals surface area contributed by atoms with Crippen molar-refractivity contribution in [1.29, 1.82) is 0 Å². The van der Waals surface area contributed by atoms with Crippen LogP contribution in [0.25, 0.3) is 11.1 Å². The number of anilines is 1. The van der Waals surface area contributed by atoms with Crippen LogP contribution in [-0.2, 0) is 4.79 Å². The van der Waals surface area contributed by atoms with Crippen molar-refractivity contribution in [3.8, 4) is 11.1 Å². The minimum Gasteiger partial charge on any atom is -0.321 e. The van der Waals surface area contributed by atoms with E-state index in [9.17, 15) is 31.1 Å². The van der Waals surface area contributed by atoms with Crippen molar-refractivity contribution in [3.63, 3.8) is 0 Å². The molecule has 0 spiro atoms. The summed E-state index contributed by atoms with van der Waals surface area (Å²) in [5.41, 5.74) is -5.74. The average Bonchev–Trinajstić information content (AvgIpc) is 2.97. The van der Waals surface area contributed by atoms with Gasteiger partial charge in [0, 0.05) is 16.1 Å². The van der Waals surface area contributed by atoms with Gasteiger partial charge in [0.15, 0.2) is 0 Å². The third-order valence-corrected chi connectivity index (χ3v) is 4.85. The highest BCUT2D eigenvalue weighted by molar-refractivity contribution is 8.00. The first-order valence-electron chi connectivity index (χ1n) is 8.76. The van der Waals surface area contributed by atoms with Gasteiger partial charge in [-0.25, -0.2) is 0 Å². The van der Waals surface area contributed by atoms with Gasteiger partial charge in [0.2, 0.25) is 5.71 Å². The Bertz CT molecular complexity index is 1060. The van der Waals surface area contributed by atoms with Gasteiger partial charge in [-0.1, -0.05) is 41.5 Å². The van der Waals surface area contributed by atoms with E-state index in [-0.39, 0.29) is 10.6 Å². The SMILES string of the molecule is C[N+]1(C)C=C(C(=O)Nc2cc(SC(F)(F)F)ccc2-c2ccccc2)C(C(F)(F)F)=N1. The van der Waals surface area contributed by atoms with E-state index in [2.05, 4.69) is 10.4 Å². The summed E-state index contributed by atoms with van der Waals surface area (Å²) in [6.07, 6.45) is -3.85. The van der Waals surface area contributed by atoms with Crippen molar-refractivity contribution in [2.45, 2.75) is 16.6 Å². The molecule has 0 radical (unpaired) electrons. The van der Waals surface area contributed by atoms with Gasteiger partial charge in [0.1, 0.15) is 11.8 Å². The number of alkyl halides is 6. The van der Waals surface area contributed by atoms with Crippen LogP contribution < -0.4 is 5.32 Å². The van der Waals surface area contributed by atoms with Crippen molar-refractivity contribution >= 4 is 29.1 Å². The van der Waals surface area contributed by atoms with Crippen LogP contribution >= 0.6 is 11.8 Å². The molecule has 0 saturated carbocycles. The molecule has 0 unspecified atom stereocenters. The molecule has 0 aliphatic carbocycles. The number of hydrogen-bond acceptors (Lipinski definition) is 3. The fourth-order valence-electron chi connectivity index (χ4n) is 2.98. The number of nitrogens with zero attached hydrogens (tertiary/aromatic N) is 2. The molecule has 0 saturated heterocycles. The highest BCUT2D eigenvalue weighted by atomic mass is 32.2. The fraction of sp³-hybridized carbons (Fsp3) is 0.200. The zero-order chi connectivity index (χ0) is 23.0. The Kier molecular flexibility index (Phi) is 5.94. The zero-order valence-corrected chi connectivity index (χ0v) is 17.0. The van der Waals surface area contributed by atoms with E-state index >= 15 is 0 Å². The summed E-state index contributed by atoms with van der Waals surface area (Å²) in [5, 5.41) is 5.84. The van der Waals surface area contributed by atoms with Crippen LogP contribution in [0.1, 0.15) is 0 Å². The Morgan fingerprint density at radius 3 is 2.23 bits per heavy atom. The van der Waals surface area contributed by atoms with E-state index in [1.165, 1.54) is 26.2 Å². The number of nitrogens with one attached hydrogen (secondary N) is 1. The summed E-state index contributed by atoms with van der Waals surface area (Å²) < 4.78 is 77.9. The molecule has 3 rings (SSSR count). The number of carbonyl (C=O) groups is 1. The predicted molar refractivity (Wildman–Crippen MR) is 106 cm³/mol. The molecule has 0 bridgehead atoms. The summed E-state index contributed by atoms with van der Waals surface area (Å²) in [6.45, 7) is 0. The Balaban J connectivity index is 2.01. The molecular formula is C20H16F6N3OS+. The number of amides is 1. The van der Waals surface area contributed by atoms with Crippen LogP contribution in [0.3, 0.4) is 0 Å². The lowest BCUT2D eigenvalue weighted by atomic mass is 10.0. The van der Waals surface area contributed by atoms with Crippen molar-refractivity contribution < 1.29 is 35.7 Å². The number of halogens is 6. The number of benzene rings is 2. The highest BCUT2D eigenvalue weighted by Crippen LogP contribution is 2.40. The van der Waals surface area contributed by atoms with E-state index < -0.39 is 45.2 Å². The molecule has 1 heterocycles. The Morgan fingerprint density at radius 1 is 1.00 bits per heavy atom. The van der Waals surface area contributed by atoms with Gasteiger partial charge in [-0.3, -0.25) is 4.79 Å². The number of rotatable bonds is 4. The van der Waals surface area contributed by atoms with E-state index in [1.54, 1.807) is 30.3 Å². The van der Waals surface area contributed by atoms with Crippen LogP contribution in [0.5, 0.6) is 0 Å². The normalized spacial score (nSPS) is 16.0. The van der Waals surface area contributed by atoms with E-state index in [0.29, 0.717) is 11.1 Å². The van der Waals surface area contributed by atoms with E-state index in [1.807, 2.05) is 0 Å². The third kappa shape index (κ3) is 5.67. The van der Waals surface area contributed by atoms with Crippen LogP contribution in [0.2, 0.25) is 0 Å². The maximum absolute atomic E-state index is 13.4. The summed E-state index contributed by atoms with van der Waals surface area (Å²) in [7, 11) is 2.70. The van der Waals surface area contributed by atoms with Gasteiger partial charge in [0.05, 0.1) is 14.1 Å². The standard InChI is InChI=1S/C20H15F6N3OS/c1-29(2)11-15(17(28-29)19(21,22)23)18(30)27-16-10-13(31-20(24,25)26)8-9-14(16)12-6-4-3-5-7-12/h3-11H,1-2H3/p+1. The molecule has 2 aromatic carbocycles. The first-order valence-corrected chi connectivity index (χ1v) is 9.58. The topological polar surface area (TPSA) is 41.5 Å². The minimum atomic E-state index is -4.87. The molecule has 1 N–H and O–H groups in total. The zero-order valence-electron chi connectivity index (χ0n) is 16.2. The minimum absolute atomic E-state index is 0.0509. The smallest absolute Gasteiger partial charge is 0.321 e. The van der Waals surface area contributed by atoms with Gasteiger partial charge in [-0.2, -0.15) is 30.9 Å². The van der Waals surface area contributed by atoms with Gasteiger partial charge < -0.3 is 5.32 Å². The molecule has 1 aliphatic rings. The Hall–Kier alpha value is -2.79. The molecule has 11 heteroatoms. The van der Waals surface area contributed by atoms with Crippen LogP contribution in [-0.4, -0.2) is 42.0 Å². The largest absolute Gasteiger partial charge is 0.446 e. The summed E-state index contributed by atoms with van der Waals surface area (Å²) in [5.74, 6) is -1.12. The summed E-state index contributed by atoms with van der Waals surface area (Å²) in [4.78, 5) is 12.5.